The average Bonchev–Trinajstić information content (AvgIpc) is 2.68. The Labute approximate surface area is 161 Å². The lowest BCUT2D eigenvalue weighted by atomic mass is 9.82. The van der Waals surface area contributed by atoms with Crippen molar-refractivity contribution in [3.63, 3.8) is 0 Å². The Kier molecular flexibility index (Phi) is 5.28. The number of anilines is 1. The molecule has 1 amide bonds. The number of carbonyl (C=O) groups excluding carboxylic acids is 1. The summed E-state index contributed by atoms with van der Waals surface area (Å²) in [5, 5.41) is 13.8. The predicted octanol–water partition coefficient (Wildman–Crippen LogP) is 3.35. The molecule has 0 bridgehead atoms. The molecule has 4 rings (SSSR count). The van der Waals surface area contributed by atoms with Crippen LogP contribution in [-0.4, -0.2) is 41.1 Å². The number of hydrogen-bond acceptors (Lipinski definition) is 3. The molecular formula is C23H28N2O2. The van der Waals surface area contributed by atoms with E-state index in [0.717, 1.165) is 43.6 Å². The number of likely N-dealkylation sites (tertiary alicyclic amines) is 1. The molecule has 0 spiro atoms. The lowest BCUT2D eigenvalue weighted by molar-refractivity contribution is -0.114. The molecule has 27 heavy (non-hydrogen) atoms. The van der Waals surface area contributed by atoms with Crippen LogP contribution in [0.2, 0.25) is 0 Å². The molecule has 2 N–H and O–H groups in total. The maximum Gasteiger partial charge on any atom is 0.221 e. The Morgan fingerprint density at radius 3 is 2.48 bits per heavy atom. The van der Waals surface area contributed by atoms with Gasteiger partial charge in [0.05, 0.1) is 6.10 Å². The predicted molar refractivity (Wildman–Crippen MR) is 108 cm³/mol. The molecule has 2 aliphatic rings. The van der Waals surface area contributed by atoms with Crippen molar-refractivity contribution in [2.24, 2.45) is 0 Å². The van der Waals surface area contributed by atoms with Crippen LogP contribution in [0.3, 0.4) is 0 Å². The van der Waals surface area contributed by atoms with E-state index in [9.17, 15) is 9.90 Å². The smallest absolute Gasteiger partial charge is 0.221 e. The first-order valence-corrected chi connectivity index (χ1v) is 9.97. The van der Waals surface area contributed by atoms with Gasteiger partial charge in [0, 0.05) is 25.1 Å². The number of aliphatic hydroxyl groups excluding tert-OH is 1. The summed E-state index contributed by atoms with van der Waals surface area (Å²) in [6.45, 7) is 3.57. The minimum atomic E-state index is -0.349. The fourth-order valence-electron chi connectivity index (χ4n) is 4.74. The fourth-order valence-corrected chi connectivity index (χ4v) is 4.74. The number of nitrogens with one attached hydrogen (secondary N) is 1. The molecule has 142 valence electrons. The largest absolute Gasteiger partial charge is 0.391 e. The van der Waals surface area contributed by atoms with E-state index in [2.05, 4.69) is 46.6 Å². The van der Waals surface area contributed by atoms with Gasteiger partial charge in [-0.2, -0.15) is 0 Å². The third-order valence-electron chi connectivity index (χ3n) is 6.14. The molecule has 1 heterocycles. The van der Waals surface area contributed by atoms with Gasteiger partial charge in [0.1, 0.15) is 0 Å². The van der Waals surface area contributed by atoms with Crippen LogP contribution >= 0.6 is 0 Å². The highest BCUT2D eigenvalue weighted by atomic mass is 16.3. The lowest BCUT2D eigenvalue weighted by Gasteiger charge is -2.42. The maximum absolute atomic E-state index is 11.5. The number of hydrogen-bond donors (Lipinski definition) is 2. The Balaban J connectivity index is 1.47. The highest BCUT2D eigenvalue weighted by Crippen LogP contribution is 2.34. The second-order valence-corrected chi connectivity index (χ2v) is 7.89. The molecule has 2 atom stereocenters. The minimum Gasteiger partial charge on any atom is -0.391 e. The third kappa shape index (κ3) is 3.92. The summed E-state index contributed by atoms with van der Waals surface area (Å²) in [5.41, 5.74) is 4.67. The van der Waals surface area contributed by atoms with Gasteiger partial charge in [0.15, 0.2) is 0 Å². The van der Waals surface area contributed by atoms with Gasteiger partial charge in [0.25, 0.3) is 0 Å². The number of carbonyl (C=O) groups is 1. The summed E-state index contributed by atoms with van der Waals surface area (Å²) in [6, 6.07) is 16.9. The molecule has 0 unspecified atom stereocenters. The molecule has 0 aromatic heterocycles. The molecule has 1 aliphatic carbocycles. The molecule has 2 aromatic rings. The van der Waals surface area contributed by atoms with Crippen LogP contribution in [0.5, 0.6) is 0 Å². The first-order chi connectivity index (χ1) is 13.1. The molecule has 1 aliphatic heterocycles. The van der Waals surface area contributed by atoms with Gasteiger partial charge < -0.3 is 10.4 Å². The second kappa shape index (κ2) is 7.83. The number of aliphatic hydroxyl groups is 1. The Bertz CT molecular complexity index is 797. The molecule has 0 radical (unpaired) electrons. The van der Waals surface area contributed by atoms with Crippen LogP contribution in [0, 0.1) is 0 Å². The average molecular weight is 364 g/mol. The highest BCUT2D eigenvalue weighted by Gasteiger charge is 2.34. The van der Waals surface area contributed by atoms with Crippen LogP contribution in [-0.2, 0) is 17.6 Å². The van der Waals surface area contributed by atoms with Crippen LogP contribution < -0.4 is 5.32 Å². The summed E-state index contributed by atoms with van der Waals surface area (Å²) >= 11 is 0. The van der Waals surface area contributed by atoms with Crippen molar-refractivity contribution in [3.05, 3.63) is 65.2 Å². The standard InChI is InChI=1S/C23H28N2O2/c1-16(26)24-21-9-5-8-19-14-23(27)22(15-20(19)21)25-12-10-18(11-13-25)17-6-3-2-4-7-17/h2-9,18,22-23,27H,10-15H2,1H3,(H,24,26)/t22-,23-/m1/s1. The van der Waals surface area contributed by atoms with E-state index in [1.54, 1.807) is 6.92 Å². The quantitative estimate of drug-likeness (QED) is 0.878. The van der Waals surface area contributed by atoms with Crippen molar-refractivity contribution in [1.82, 2.24) is 4.90 Å². The van der Waals surface area contributed by atoms with Crippen molar-refractivity contribution in [1.29, 1.82) is 0 Å². The number of nitrogens with zero attached hydrogens (tertiary/aromatic N) is 1. The zero-order chi connectivity index (χ0) is 18.8. The molecule has 1 fully saturated rings. The van der Waals surface area contributed by atoms with Crippen molar-refractivity contribution >= 4 is 11.6 Å². The summed E-state index contributed by atoms with van der Waals surface area (Å²) in [5.74, 6) is 0.570. The Morgan fingerprint density at radius 1 is 1.04 bits per heavy atom. The van der Waals surface area contributed by atoms with Crippen molar-refractivity contribution < 1.29 is 9.90 Å². The van der Waals surface area contributed by atoms with Crippen LogP contribution in [0.15, 0.2) is 48.5 Å². The Morgan fingerprint density at radius 2 is 1.78 bits per heavy atom. The lowest BCUT2D eigenvalue weighted by Crippen LogP contribution is -2.51. The van der Waals surface area contributed by atoms with Crippen molar-refractivity contribution in [2.75, 3.05) is 18.4 Å². The number of fused-ring (bicyclic) bond motifs is 1. The Hall–Kier alpha value is -2.17. The van der Waals surface area contributed by atoms with Gasteiger partial charge >= 0.3 is 0 Å². The highest BCUT2D eigenvalue weighted by molar-refractivity contribution is 5.89. The van der Waals surface area contributed by atoms with E-state index in [1.165, 1.54) is 11.1 Å². The molecule has 1 saturated heterocycles. The maximum atomic E-state index is 11.5. The zero-order valence-electron chi connectivity index (χ0n) is 15.9. The number of piperidine rings is 1. The fraction of sp³-hybridized carbons (Fsp3) is 0.435. The second-order valence-electron chi connectivity index (χ2n) is 7.89. The van der Waals surface area contributed by atoms with Gasteiger partial charge in [-0.3, -0.25) is 9.69 Å². The molecule has 4 nitrogen and oxygen atoms in total. The number of rotatable bonds is 3. The van der Waals surface area contributed by atoms with Gasteiger partial charge in [-0.15, -0.1) is 0 Å². The first-order valence-electron chi connectivity index (χ1n) is 9.97. The van der Waals surface area contributed by atoms with Crippen LogP contribution in [0.4, 0.5) is 5.69 Å². The normalized spacial score (nSPS) is 23.6. The van der Waals surface area contributed by atoms with Gasteiger partial charge in [0.2, 0.25) is 5.91 Å². The molecule has 0 saturated carbocycles. The summed E-state index contributed by atoms with van der Waals surface area (Å²) in [7, 11) is 0. The van der Waals surface area contributed by atoms with Gasteiger partial charge in [-0.25, -0.2) is 0 Å². The topological polar surface area (TPSA) is 52.6 Å². The van der Waals surface area contributed by atoms with E-state index >= 15 is 0 Å². The van der Waals surface area contributed by atoms with E-state index < -0.39 is 0 Å². The van der Waals surface area contributed by atoms with Crippen molar-refractivity contribution in [3.8, 4) is 0 Å². The van der Waals surface area contributed by atoms with E-state index in [-0.39, 0.29) is 18.1 Å². The minimum absolute atomic E-state index is 0.0465. The van der Waals surface area contributed by atoms with E-state index in [0.29, 0.717) is 12.3 Å². The van der Waals surface area contributed by atoms with E-state index in [1.807, 2.05) is 12.1 Å². The zero-order valence-corrected chi connectivity index (χ0v) is 15.9. The SMILES string of the molecule is CC(=O)Nc1cccc2c1C[C@@H](N1CCC(c3ccccc3)CC1)[C@H](O)C2. The van der Waals surface area contributed by atoms with Gasteiger partial charge in [-0.1, -0.05) is 42.5 Å². The summed E-state index contributed by atoms with van der Waals surface area (Å²) in [4.78, 5) is 14.0. The number of amides is 1. The number of benzene rings is 2. The summed E-state index contributed by atoms with van der Waals surface area (Å²) < 4.78 is 0. The first kappa shape index (κ1) is 18.2. The molecule has 2 aromatic carbocycles. The monoisotopic (exact) mass is 364 g/mol. The molecule has 4 heteroatoms. The summed E-state index contributed by atoms with van der Waals surface area (Å²) in [6.07, 6.45) is 3.37. The van der Waals surface area contributed by atoms with Crippen LogP contribution in [0.1, 0.15) is 42.4 Å². The third-order valence-corrected chi connectivity index (χ3v) is 6.14. The van der Waals surface area contributed by atoms with Crippen molar-refractivity contribution in [2.45, 2.75) is 50.7 Å². The van der Waals surface area contributed by atoms with Gasteiger partial charge in [-0.05, 0) is 61.0 Å². The van der Waals surface area contributed by atoms with Crippen LogP contribution in [0.25, 0.3) is 0 Å². The molecular weight excluding hydrogens is 336 g/mol. The van der Waals surface area contributed by atoms with E-state index in [4.69, 9.17) is 0 Å².